The Labute approximate surface area is 218 Å². The summed E-state index contributed by atoms with van der Waals surface area (Å²) >= 11 is 0. The molecule has 5 aromatic carbocycles. The van der Waals surface area contributed by atoms with Crippen LogP contribution in [0, 0.1) is 0 Å². The van der Waals surface area contributed by atoms with Crippen molar-refractivity contribution < 1.29 is 0 Å². The zero-order valence-corrected chi connectivity index (χ0v) is 20.5. The fourth-order valence-corrected chi connectivity index (χ4v) is 5.20. The molecule has 1 aliphatic heterocycles. The van der Waals surface area contributed by atoms with Crippen LogP contribution in [-0.4, -0.2) is 5.71 Å². The van der Waals surface area contributed by atoms with Crippen molar-refractivity contribution in [3.8, 4) is 0 Å². The smallest absolute Gasteiger partial charge is 0.0595 e. The Morgan fingerprint density at radius 1 is 0.405 bits per heavy atom. The van der Waals surface area contributed by atoms with Gasteiger partial charge in [-0.1, -0.05) is 152 Å². The van der Waals surface area contributed by atoms with Crippen LogP contribution in [0.15, 0.2) is 163 Å². The third kappa shape index (κ3) is 4.60. The van der Waals surface area contributed by atoms with E-state index in [4.69, 9.17) is 4.99 Å². The molecule has 176 valence electrons. The standard InChI is InChI=1S/C36H27N/c1-6-16-27(17-7-1)32-26-37-36(31-24-14-5-15-25-31)35(30-22-12-4-13-23-30)34(29-20-10-3-11-21-29)33(32)28-18-8-2-9-19-28/h1-26,35H/t35-/m0/s1. The van der Waals surface area contributed by atoms with Gasteiger partial charge in [-0.2, -0.15) is 0 Å². The van der Waals surface area contributed by atoms with Crippen LogP contribution >= 0.6 is 0 Å². The predicted octanol–water partition coefficient (Wildman–Crippen LogP) is 8.93. The minimum Gasteiger partial charge on any atom is -0.259 e. The van der Waals surface area contributed by atoms with Gasteiger partial charge in [-0.25, -0.2) is 0 Å². The van der Waals surface area contributed by atoms with Gasteiger partial charge < -0.3 is 0 Å². The lowest BCUT2D eigenvalue weighted by Crippen LogP contribution is -2.16. The van der Waals surface area contributed by atoms with Gasteiger partial charge in [0.1, 0.15) is 0 Å². The number of hydrogen-bond donors (Lipinski definition) is 0. The molecule has 1 heterocycles. The summed E-state index contributed by atoms with van der Waals surface area (Å²) in [5, 5.41) is 0. The van der Waals surface area contributed by atoms with Crippen LogP contribution in [0.25, 0.3) is 16.7 Å². The largest absolute Gasteiger partial charge is 0.259 e. The second kappa shape index (κ2) is 10.5. The normalized spacial score (nSPS) is 15.5. The van der Waals surface area contributed by atoms with Crippen LogP contribution in [0.2, 0.25) is 0 Å². The summed E-state index contributed by atoms with van der Waals surface area (Å²) in [4.78, 5) is 5.27. The van der Waals surface area contributed by atoms with Gasteiger partial charge in [0.25, 0.3) is 0 Å². The highest BCUT2D eigenvalue weighted by Crippen LogP contribution is 2.47. The van der Waals surface area contributed by atoms with E-state index in [1.54, 1.807) is 0 Å². The number of nitrogens with zero attached hydrogens (tertiary/aromatic N) is 1. The number of aliphatic imine (C=N–C) groups is 1. The third-order valence-electron chi connectivity index (χ3n) is 6.87. The molecule has 1 aliphatic rings. The summed E-state index contributed by atoms with van der Waals surface area (Å²) in [5.74, 6) is -0.0568. The monoisotopic (exact) mass is 473 g/mol. The van der Waals surface area contributed by atoms with Gasteiger partial charge in [-0.15, -0.1) is 0 Å². The van der Waals surface area contributed by atoms with Crippen LogP contribution in [0.1, 0.15) is 33.7 Å². The van der Waals surface area contributed by atoms with E-state index in [1.807, 2.05) is 0 Å². The molecule has 5 aromatic rings. The molecule has 0 fully saturated rings. The minimum absolute atomic E-state index is 0.0568. The van der Waals surface area contributed by atoms with Crippen molar-refractivity contribution in [2.45, 2.75) is 5.92 Å². The number of benzene rings is 5. The molecule has 1 heteroatoms. The average Bonchev–Trinajstić information content (AvgIpc) is 3.17. The van der Waals surface area contributed by atoms with Gasteiger partial charge in [0.2, 0.25) is 0 Å². The number of allylic oxidation sites excluding steroid dienone is 3. The Morgan fingerprint density at radius 3 is 1.38 bits per heavy atom. The summed E-state index contributed by atoms with van der Waals surface area (Å²) in [6.45, 7) is 0. The van der Waals surface area contributed by atoms with E-state index >= 15 is 0 Å². The maximum Gasteiger partial charge on any atom is 0.0595 e. The van der Waals surface area contributed by atoms with Crippen molar-refractivity contribution in [1.29, 1.82) is 0 Å². The lowest BCUT2D eigenvalue weighted by atomic mass is 9.76. The van der Waals surface area contributed by atoms with Gasteiger partial charge in [0.05, 0.1) is 11.6 Å². The molecule has 6 rings (SSSR count). The highest BCUT2D eigenvalue weighted by molar-refractivity contribution is 6.24. The summed E-state index contributed by atoms with van der Waals surface area (Å²) in [6, 6.07) is 53.5. The summed E-state index contributed by atoms with van der Waals surface area (Å²) in [6.07, 6.45) is 2.08. The molecule has 0 bridgehead atoms. The fraction of sp³-hybridized carbons (Fsp3) is 0.0278. The minimum atomic E-state index is -0.0568. The molecule has 37 heavy (non-hydrogen) atoms. The highest BCUT2D eigenvalue weighted by atomic mass is 14.7. The van der Waals surface area contributed by atoms with Crippen molar-refractivity contribution in [1.82, 2.24) is 0 Å². The second-order valence-electron chi connectivity index (χ2n) is 9.15. The molecule has 0 radical (unpaired) electrons. The molecule has 0 aliphatic carbocycles. The van der Waals surface area contributed by atoms with E-state index in [0.717, 1.165) is 22.4 Å². The van der Waals surface area contributed by atoms with E-state index in [1.165, 1.54) is 27.8 Å². The Bertz CT molecular complexity index is 1560. The fourth-order valence-electron chi connectivity index (χ4n) is 5.20. The quantitative estimate of drug-likeness (QED) is 0.242. The van der Waals surface area contributed by atoms with E-state index in [0.29, 0.717) is 0 Å². The van der Waals surface area contributed by atoms with Gasteiger partial charge in [0, 0.05) is 11.8 Å². The summed E-state index contributed by atoms with van der Waals surface area (Å²) < 4.78 is 0. The Hall–Kier alpha value is -4.75. The average molecular weight is 474 g/mol. The maximum absolute atomic E-state index is 5.27. The summed E-state index contributed by atoms with van der Waals surface area (Å²) in [7, 11) is 0. The lowest BCUT2D eigenvalue weighted by molar-refractivity contribution is 1.15. The molecule has 0 amide bonds. The van der Waals surface area contributed by atoms with Crippen molar-refractivity contribution in [3.05, 3.63) is 186 Å². The van der Waals surface area contributed by atoms with Crippen molar-refractivity contribution >= 4 is 22.4 Å². The predicted molar refractivity (Wildman–Crippen MR) is 156 cm³/mol. The van der Waals surface area contributed by atoms with Crippen LogP contribution in [0.5, 0.6) is 0 Å². The molecule has 0 spiro atoms. The first kappa shape index (κ1) is 22.7. The molecule has 0 unspecified atom stereocenters. The van der Waals surface area contributed by atoms with Crippen molar-refractivity contribution in [3.63, 3.8) is 0 Å². The SMILES string of the molecule is C1=C(c2ccccc2)C(c2ccccc2)=C(c2ccccc2)[C@H](c2ccccc2)C(c2ccccc2)=N1. The van der Waals surface area contributed by atoms with Crippen LogP contribution in [-0.2, 0) is 0 Å². The van der Waals surface area contributed by atoms with Crippen molar-refractivity contribution in [2.75, 3.05) is 0 Å². The van der Waals surface area contributed by atoms with Gasteiger partial charge >= 0.3 is 0 Å². The summed E-state index contributed by atoms with van der Waals surface area (Å²) in [5.41, 5.74) is 10.5. The zero-order valence-electron chi connectivity index (χ0n) is 20.5. The van der Waals surface area contributed by atoms with E-state index in [2.05, 4.69) is 158 Å². The zero-order chi connectivity index (χ0) is 24.9. The van der Waals surface area contributed by atoms with E-state index in [-0.39, 0.29) is 5.92 Å². The molecule has 1 atom stereocenters. The van der Waals surface area contributed by atoms with Gasteiger partial charge in [-0.05, 0) is 39.0 Å². The van der Waals surface area contributed by atoms with E-state index in [9.17, 15) is 0 Å². The molecular weight excluding hydrogens is 446 g/mol. The first-order chi connectivity index (χ1) is 18.4. The highest BCUT2D eigenvalue weighted by Gasteiger charge is 2.31. The molecule has 1 nitrogen and oxygen atoms in total. The third-order valence-corrected chi connectivity index (χ3v) is 6.87. The molecule has 0 saturated heterocycles. The van der Waals surface area contributed by atoms with Gasteiger partial charge in [0.15, 0.2) is 0 Å². The van der Waals surface area contributed by atoms with Crippen molar-refractivity contribution in [2.24, 2.45) is 4.99 Å². The van der Waals surface area contributed by atoms with Crippen LogP contribution in [0.3, 0.4) is 0 Å². The topological polar surface area (TPSA) is 12.4 Å². The van der Waals surface area contributed by atoms with Crippen LogP contribution in [0.4, 0.5) is 0 Å². The number of rotatable bonds is 5. The van der Waals surface area contributed by atoms with E-state index < -0.39 is 0 Å². The first-order valence-corrected chi connectivity index (χ1v) is 12.7. The van der Waals surface area contributed by atoms with Gasteiger partial charge in [-0.3, -0.25) is 4.99 Å². The molecule has 0 aromatic heterocycles. The Balaban J connectivity index is 1.76. The van der Waals surface area contributed by atoms with Crippen LogP contribution < -0.4 is 0 Å². The number of hydrogen-bond acceptors (Lipinski definition) is 1. The Morgan fingerprint density at radius 2 is 0.838 bits per heavy atom. The second-order valence-corrected chi connectivity index (χ2v) is 9.15. The Kier molecular flexibility index (Phi) is 6.43. The molecule has 0 N–H and O–H groups in total. The first-order valence-electron chi connectivity index (χ1n) is 12.7. The molecule has 0 saturated carbocycles. The lowest BCUT2D eigenvalue weighted by Gasteiger charge is -2.26. The molecular formula is C36H27N. The maximum atomic E-state index is 5.27.